The average Bonchev–Trinajstić information content (AvgIpc) is 2.29. The molecule has 3 nitrogen and oxygen atoms in total. The third-order valence-electron chi connectivity index (χ3n) is 2.77. The van der Waals surface area contributed by atoms with E-state index in [-0.39, 0.29) is 11.9 Å². The standard InChI is InChI=1S/C12H19NO2/c1-3-4-5-8-13-9-6-7-11(10-13)12(14)15-2/h11H,5-10H2,1-2H3. The first-order valence-corrected chi connectivity index (χ1v) is 5.47. The van der Waals surface area contributed by atoms with Crippen LogP contribution in [-0.2, 0) is 9.53 Å². The van der Waals surface area contributed by atoms with E-state index in [4.69, 9.17) is 4.74 Å². The van der Waals surface area contributed by atoms with Crippen molar-refractivity contribution in [2.45, 2.75) is 26.2 Å². The molecule has 0 aromatic heterocycles. The molecule has 1 rings (SSSR count). The molecule has 1 heterocycles. The minimum atomic E-state index is -0.0683. The smallest absolute Gasteiger partial charge is 0.309 e. The van der Waals surface area contributed by atoms with Crippen molar-refractivity contribution in [1.82, 2.24) is 4.90 Å². The van der Waals surface area contributed by atoms with Gasteiger partial charge in [-0.05, 0) is 26.3 Å². The normalized spacial score (nSPS) is 21.6. The van der Waals surface area contributed by atoms with E-state index in [0.29, 0.717) is 0 Å². The van der Waals surface area contributed by atoms with Gasteiger partial charge in [-0.2, -0.15) is 0 Å². The number of piperidine rings is 1. The van der Waals surface area contributed by atoms with Crippen LogP contribution in [0.3, 0.4) is 0 Å². The number of methoxy groups -OCH3 is 1. The zero-order valence-corrected chi connectivity index (χ0v) is 9.58. The summed E-state index contributed by atoms with van der Waals surface area (Å²) in [7, 11) is 1.46. The molecule has 0 N–H and O–H groups in total. The van der Waals surface area contributed by atoms with Crippen molar-refractivity contribution in [3.05, 3.63) is 0 Å². The zero-order chi connectivity index (χ0) is 11.1. The lowest BCUT2D eigenvalue weighted by atomic mass is 9.98. The molecule has 0 aromatic rings. The lowest BCUT2D eigenvalue weighted by molar-refractivity contribution is -0.147. The molecule has 0 amide bonds. The Morgan fingerprint density at radius 1 is 1.60 bits per heavy atom. The molecule has 0 aliphatic carbocycles. The van der Waals surface area contributed by atoms with Crippen molar-refractivity contribution in [1.29, 1.82) is 0 Å². The van der Waals surface area contributed by atoms with E-state index in [9.17, 15) is 4.79 Å². The first-order valence-electron chi connectivity index (χ1n) is 5.47. The third-order valence-corrected chi connectivity index (χ3v) is 2.77. The number of carbonyl (C=O) groups is 1. The molecule has 1 aliphatic rings. The quantitative estimate of drug-likeness (QED) is 0.518. The average molecular weight is 209 g/mol. The lowest BCUT2D eigenvalue weighted by Crippen LogP contribution is -2.39. The topological polar surface area (TPSA) is 29.5 Å². The van der Waals surface area contributed by atoms with E-state index in [2.05, 4.69) is 16.7 Å². The monoisotopic (exact) mass is 209 g/mol. The Kier molecular flexibility index (Phi) is 5.20. The number of hydrogen-bond donors (Lipinski definition) is 0. The van der Waals surface area contributed by atoms with Gasteiger partial charge in [-0.1, -0.05) is 0 Å². The maximum atomic E-state index is 11.4. The van der Waals surface area contributed by atoms with Gasteiger partial charge >= 0.3 is 5.97 Å². The van der Waals surface area contributed by atoms with Crippen molar-refractivity contribution in [2.24, 2.45) is 5.92 Å². The number of ether oxygens (including phenoxy) is 1. The molecule has 1 aliphatic heterocycles. The second kappa shape index (κ2) is 6.47. The first kappa shape index (κ1) is 12.1. The highest BCUT2D eigenvalue weighted by atomic mass is 16.5. The molecule has 1 saturated heterocycles. The van der Waals surface area contributed by atoms with Crippen molar-refractivity contribution in [3.8, 4) is 11.8 Å². The van der Waals surface area contributed by atoms with Crippen LogP contribution in [0.25, 0.3) is 0 Å². The van der Waals surface area contributed by atoms with Gasteiger partial charge in [0.15, 0.2) is 0 Å². The number of likely N-dealkylation sites (tertiary alicyclic amines) is 1. The van der Waals surface area contributed by atoms with Gasteiger partial charge in [-0.25, -0.2) is 0 Å². The summed E-state index contributed by atoms with van der Waals surface area (Å²) in [5.74, 6) is 5.93. The van der Waals surface area contributed by atoms with E-state index in [1.54, 1.807) is 0 Å². The molecular formula is C12H19NO2. The third kappa shape index (κ3) is 3.93. The molecule has 15 heavy (non-hydrogen) atoms. The Morgan fingerprint density at radius 3 is 3.07 bits per heavy atom. The summed E-state index contributed by atoms with van der Waals surface area (Å²) in [4.78, 5) is 13.7. The fraction of sp³-hybridized carbons (Fsp3) is 0.750. The highest BCUT2D eigenvalue weighted by Crippen LogP contribution is 2.17. The number of hydrogen-bond acceptors (Lipinski definition) is 3. The van der Waals surface area contributed by atoms with Crippen molar-refractivity contribution in [2.75, 3.05) is 26.7 Å². The Labute approximate surface area is 91.8 Å². The summed E-state index contributed by atoms with van der Waals surface area (Å²) in [6.45, 7) is 4.73. The van der Waals surface area contributed by atoms with Crippen LogP contribution in [0.4, 0.5) is 0 Å². The van der Waals surface area contributed by atoms with Gasteiger partial charge in [-0.3, -0.25) is 4.79 Å². The number of rotatable bonds is 3. The first-order chi connectivity index (χ1) is 7.27. The fourth-order valence-corrected chi connectivity index (χ4v) is 1.96. The summed E-state index contributed by atoms with van der Waals surface area (Å²) in [5.41, 5.74) is 0. The predicted octanol–water partition coefficient (Wildman–Crippen LogP) is 1.28. The SMILES string of the molecule is CC#CCCN1CCCC(C(=O)OC)C1. The van der Waals surface area contributed by atoms with Crippen LogP contribution in [0, 0.1) is 17.8 Å². The van der Waals surface area contributed by atoms with Crippen molar-refractivity contribution >= 4 is 5.97 Å². The molecule has 0 saturated carbocycles. The summed E-state index contributed by atoms with van der Waals surface area (Å²) in [6.07, 6.45) is 2.94. The van der Waals surface area contributed by atoms with E-state index >= 15 is 0 Å². The van der Waals surface area contributed by atoms with Crippen LogP contribution in [0.15, 0.2) is 0 Å². The van der Waals surface area contributed by atoms with E-state index in [1.807, 2.05) is 6.92 Å². The van der Waals surface area contributed by atoms with E-state index in [1.165, 1.54) is 7.11 Å². The zero-order valence-electron chi connectivity index (χ0n) is 9.58. The fourth-order valence-electron chi connectivity index (χ4n) is 1.96. The predicted molar refractivity (Wildman–Crippen MR) is 59.2 cm³/mol. The van der Waals surface area contributed by atoms with Crippen LogP contribution < -0.4 is 0 Å². The maximum Gasteiger partial charge on any atom is 0.309 e. The van der Waals surface area contributed by atoms with Gasteiger partial charge in [0.2, 0.25) is 0 Å². The molecule has 1 fully saturated rings. The van der Waals surface area contributed by atoms with Gasteiger partial charge in [-0.15, -0.1) is 11.8 Å². The second-order valence-corrected chi connectivity index (χ2v) is 3.84. The minimum absolute atomic E-state index is 0.0679. The van der Waals surface area contributed by atoms with Crippen LogP contribution >= 0.6 is 0 Å². The Morgan fingerprint density at radius 2 is 2.40 bits per heavy atom. The van der Waals surface area contributed by atoms with Crippen LogP contribution in [-0.4, -0.2) is 37.6 Å². The van der Waals surface area contributed by atoms with E-state index < -0.39 is 0 Å². The summed E-state index contributed by atoms with van der Waals surface area (Å²) in [6, 6.07) is 0. The van der Waals surface area contributed by atoms with Gasteiger partial charge in [0.1, 0.15) is 0 Å². The number of esters is 1. The summed E-state index contributed by atoms with van der Waals surface area (Å²) in [5, 5.41) is 0. The summed E-state index contributed by atoms with van der Waals surface area (Å²) < 4.78 is 4.77. The molecule has 84 valence electrons. The van der Waals surface area contributed by atoms with Crippen molar-refractivity contribution in [3.63, 3.8) is 0 Å². The van der Waals surface area contributed by atoms with Gasteiger partial charge in [0, 0.05) is 19.5 Å². The van der Waals surface area contributed by atoms with Gasteiger partial charge in [0.25, 0.3) is 0 Å². The van der Waals surface area contributed by atoms with Crippen LogP contribution in [0.5, 0.6) is 0 Å². The van der Waals surface area contributed by atoms with Gasteiger partial charge < -0.3 is 9.64 Å². The highest BCUT2D eigenvalue weighted by molar-refractivity contribution is 5.72. The van der Waals surface area contributed by atoms with E-state index in [0.717, 1.165) is 38.9 Å². The summed E-state index contributed by atoms with van der Waals surface area (Å²) >= 11 is 0. The minimum Gasteiger partial charge on any atom is -0.469 e. The van der Waals surface area contributed by atoms with Crippen molar-refractivity contribution < 1.29 is 9.53 Å². The van der Waals surface area contributed by atoms with Gasteiger partial charge in [0.05, 0.1) is 13.0 Å². The molecule has 0 spiro atoms. The molecule has 0 aromatic carbocycles. The molecular weight excluding hydrogens is 190 g/mol. The molecule has 0 radical (unpaired) electrons. The second-order valence-electron chi connectivity index (χ2n) is 3.84. The molecule has 1 atom stereocenters. The Hall–Kier alpha value is -1.01. The number of carbonyl (C=O) groups excluding carboxylic acids is 1. The lowest BCUT2D eigenvalue weighted by Gasteiger charge is -2.30. The Balaban J connectivity index is 2.34. The molecule has 1 unspecified atom stereocenters. The maximum absolute atomic E-state index is 11.4. The number of nitrogens with zero attached hydrogens (tertiary/aromatic N) is 1. The largest absolute Gasteiger partial charge is 0.469 e. The molecule has 0 bridgehead atoms. The Bertz CT molecular complexity index is 265. The molecule has 3 heteroatoms. The van der Waals surface area contributed by atoms with Crippen LogP contribution in [0.2, 0.25) is 0 Å². The van der Waals surface area contributed by atoms with Crippen LogP contribution in [0.1, 0.15) is 26.2 Å². The highest BCUT2D eigenvalue weighted by Gasteiger charge is 2.25.